The Kier molecular flexibility index (Phi) is 6.21. The zero-order valence-electron chi connectivity index (χ0n) is 8.95. The Morgan fingerprint density at radius 3 is 1.62 bits per heavy atom. The van der Waals surface area contributed by atoms with E-state index in [0.717, 1.165) is 32.6 Å². The van der Waals surface area contributed by atoms with Gasteiger partial charge in [0.25, 0.3) is 0 Å². The van der Waals surface area contributed by atoms with Gasteiger partial charge in [-0.2, -0.15) is 8.78 Å². The van der Waals surface area contributed by atoms with Crippen LogP contribution in [0.5, 0.6) is 0 Å². The zero-order chi connectivity index (χ0) is 10.3. The number of nitrogens with zero attached hydrogens (tertiary/aromatic N) is 1. The Morgan fingerprint density at radius 1 is 1.00 bits per heavy atom. The molecular formula is C10H21F2N. The molecule has 0 spiro atoms. The molecule has 0 fully saturated rings. The standard InChI is InChI=1S/C10H21F2N/c1-4-6-8-13(9-7-5-2)10(3,11)12/h4-9H2,1-3H3. The Hall–Kier alpha value is -0.180. The number of alkyl halides is 2. The highest BCUT2D eigenvalue weighted by molar-refractivity contribution is 4.64. The minimum Gasteiger partial charge on any atom is -0.245 e. The molecule has 3 heteroatoms. The van der Waals surface area contributed by atoms with Crippen LogP contribution in [0.2, 0.25) is 0 Å². The van der Waals surface area contributed by atoms with Crippen molar-refractivity contribution in [3.05, 3.63) is 0 Å². The zero-order valence-corrected chi connectivity index (χ0v) is 8.95. The fourth-order valence-electron chi connectivity index (χ4n) is 1.20. The van der Waals surface area contributed by atoms with Crippen molar-refractivity contribution in [3.63, 3.8) is 0 Å². The predicted molar refractivity (Wildman–Crippen MR) is 52.0 cm³/mol. The van der Waals surface area contributed by atoms with Crippen LogP contribution in [0, 0.1) is 0 Å². The maximum Gasteiger partial charge on any atom is 0.302 e. The van der Waals surface area contributed by atoms with Crippen molar-refractivity contribution in [1.29, 1.82) is 0 Å². The largest absolute Gasteiger partial charge is 0.302 e. The van der Waals surface area contributed by atoms with Crippen LogP contribution in [-0.4, -0.2) is 24.0 Å². The van der Waals surface area contributed by atoms with E-state index in [1.807, 2.05) is 13.8 Å². The molecule has 0 aromatic heterocycles. The van der Waals surface area contributed by atoms with Gasteiger partial charge in [0.05, 0.1) is 0 Å². The fourth-order valence-corrected chi connectivity index (χ4v) is 1.20. The maximum absolute atomic E-state index is 13.0. The topological polar surface area (TPSA) is 3.24 Å². The van der Waals surface area contributed by atoms with E-state index in [4.69, 9.17) is 0 Å². The van der Waals surface area contributed by atoms with Crippen molar-refractivity contribution in [2.45, 2.75) is 52.5 Å². The molecular weight excluding hydrogens is 172 g/mol. The Bertz CT molecular complexity index is 113. The first-order valence-corrected chi connectivity index (χ1v) is 5.15. The second-order valence-electron chi connectivity index (χ2n) is 3.54. The molecule has 0 heterocycles. The lowest BCUT2D eigenvalue weighted by Crippen LogP contribution is -2.40. The van der Waals surface area contributed by atoms with Crippen molar-refractivity contribution < 1.29 is 8.78 Å². The lowest BCUT2D eigenvalue weighted by atomic mass is 10.2. The number of halogens is 2. The molecule has 0 rings (SSSR count). The van der Waals surface area contributed by atoms with Crippen LogP contribution in [0.3, 0.4) is 0 Å². The molecule has 0 saturated heterocycles. The number of rotatable bonds is 7. The normalized spacial score (nSPS) is 12.5. The number of hydrogen-bond donors (Lipinski definition) is 0. The van der Waals surface area contributed by atoms with E-state index in [1.165, 1.54) is 4.90 Å². The van der Waals surface area contributed by atoms with E-state index < -0.39 is 6.05 Å². The van der Waals surface area contributed by atoms with Crippen molar-refractivity contribution in [3.8, 4) is 0 Å². The Morgan fingerprint density at radius 2 is 1.38 bits per heavy atom. The van der Waals surface area contributed by atoms with Crippen LogP contribution >= 0.6 is 0 Å². The van der Waals surface area contributed by atoms with Crippen LogP contribution in [-0.2, 0) is 0 Å². The molecule has 0 aliphatic rings. The van der Waals surface area contributed by atoms with Gasteiger partial charge in [-0.15, -0.1) is 0 Å². The van der Waals surface area contributed by atoms with Gasteiger partial charge in [0.2, 0.25) is 0 Å². The van der Waals surface area contributed by atoms with Gasteiger partial charge in [0, 0.05) is 20.0 Å². The highest BCUT2D eigenvalue weighted by Crippen LogP contribution is 2.19. The molecule has 0 aliphatic carbocycles. The quantitative estimate of drug-likeness (QED) is 0.559. The molecule has 80 valence electrons. The summed E-state index contributed by atoms with van der Waals surface area (Å²) in [5.74, 6) is 0. The fraction of sp³-hybridized carbons (Fsp3) is 1.00. The van der Waals surface area contributed by atoms with E-state index in [-0.39, 0.29) is 0 Å². The summed E-state index contributed by atoms with van der Waals surface area (Å²) in [4.78, 5) is 1.28. The summed E-state index contributed by atoms with van der Waals surface area (Å²) in [5, 5.41) is 0. The van der Waals surface area contributed by atoms with Crippen LogP contribution in [0.4, 0.5) is 8.78 Å². The molecule has 0 saturated carbocycles. The van der Waals surface area contributed by atoms with Gasteiger partial charge < -0.3 is 0 Å². The van der Waals surface area contributed by atoms with Gasteiger partial charge in [0.15, 0.2) is 0 Å². The Balaban J connectivity index is 3.88. The molecule has 13 heavy (non-hydrogen) atoms. The summed E-state index contributed by atoms with van der Waals surface area (Å²) in [6.45, 7) is 6.05. The van der Waals surface area contributed by atoms with Crippen molar-refractivity contribution in [1.82, 2.24) is 4.90 Å². The van der Waals surface area contributed by atoms with Crippen LogP contribution in [0.25, 0.3) is 0 Å². The minimum atomic E-state index is -2.65. The predicted octanol–water partition coefficient (Wildman–Crippen LogP) is 3.50. The molecule has 0 aromatic carbocycles. The summed E-state index contributed by atoms with van der Waals surface area (Å²) < 4.78 is 25.9. The molecule has 1 nitrogen and oxygen atoms in total. The van der Waals surface area contributed by atoms with Gasteiger partial charge >= 0.3 is 6.05 Å². The third kappa shape index (κ3) is 5.97. The lowest BCUT2D eigenvalue weighted by molar-refractivity contribution is -0.131. The van der Waals surface area contributed by atoms with E-state index in [2.05, 4.69) is 0 Å². The molecule has 0 unspecified atom stereocenters. The van der Waals surface area contributed by atoms with Gasteiger partial charge in [0.1, 0.15) is 0 Å². The lowest BCUT2D eigenvalue weighted by Gasteiger charge is -2.28. The summed E-state index contributed by atoms with van der Waals surface area (Å²) in [7, 11) is 0. The summed E-state index contributed by atoms with van der Waals surface area (Å²) >= 11 is 0. The first kappa shape index (κ1) is 12.8. The number of hydrogen-bond acceptors (Lipinski definition) is 1. The summed E-state index contributed by atoms with van der Waals surface area (Å²) in [6.07, 6.45) is 3.65. The third-order valence-corrected chi connectivity index (χ3v) is 2.12. The van der Waals surface area contributed by atoms with Crippen LogP contribution in [0.15, 0.2) is 0 Å². The highest BCUT2D eigenvalue weighted by atomic mass is 19.3. The van der Waals surface area contributed by atoms with Crippen molar-refractivity contribution in [2.24, 2.45) is 0 Å². The molecule has 0 bridgehead atoms. The summed E-state index contributed by atoms with van der Waals surface area (Å²) in [6, 6.07) is -2.65. The van der Waals surface area contributed by atoms with E-state index in [1.54, 1.807) is 0 Å². The van der Waals surface area contributed by atoms with Crippen molar-refractivity contribution in [2.75, 3.05) is 13.1 Å². The molecule has 0 atom stereocenters. The van der Waals surface area contributed by atoms with E-state index in [0.29, 0.717) is 13.1 Å². The van der Waals surface area contributed by atoms with Gasteiger partial charge in [-0.3, -0.25) is 0 Å². The SMILES string of the molecule is CCCCN(CCCC)C(C)(F)F. The van der Waals surface area contributed by atoms with E-state index in [9.17, 15) is 8.78 Å². The molecule has 0 amide bonds. The van der Waals surface area contributed by atoms with Gasteiger partial charge in [-0.1, -0.05) is 26.7 Å². The third-order valence-electron chi connectivity index (χ3n) is 2.12. The van der Waals surface area contributed by atoms with Gasteiger partial charge in [-0.05, 0) is 12.8 Å². The molecule has 0 aromatic rings. The van der Waals surface area contributed by atoms with Crippen molar-refractivity contribution >= 4 is 0 Å². The second kappa shape index (κ2) is 6.30. The molecule has 0 aliphatic heterocycles. The average molecular weight is 193 g/mol. The smallest absolute Gasteiger partial charge is 0.245 e. The monoisotopic (exact) mass is 193 g/mol. The number of unbranched alkanes of at least 4 members (excludes halogenated alkanes) is 2. The average Bonchev–Trinajstić information content (AvgIpc) is 2.02. The van der Waals surface area contributed by atoms with E-state index >= 15 is 0 Å². The highest BCUT2D eigenvalue weighted by Gasteiger charge is 2.29. The van der Waals surface area contributed by atoms with Gasteiger partial charge in [-0.25, -0.2) is 4.90 Å². The van der Waals surface area contributed by atoms with Crippen LogP contribution in [0.1, 0.15) is 46.5 Å². The maximum atomic E-state index is 13.0. The first-order valence-electron chi connectivity index (χ1n) is 5.15. The minimum absolute atomic E-state index is 0.514. The molecule has 0 N–H and O–H groups in total. The van der Waals surface area contributed by atoms with Crippen LogP contribution < -0.4 is 0 Å². The molecule has 0 radical (unpaired) electrons. The first-order chi connectivity index (χ1) is 6.02. The summed E-state index contributed by atoms with van der Waals surface area (Å²) in [5.41, 5.74) is 0. The Labute approximate surface area is 80.1 Å². The second-order valence-corrected chi connectivity index (χ2v) is 3.54.